The first kappa shape index (κ1) is 20.2. The summed E-state index contributed by atoms with van der Waals surface area (Å²) in [4.78, 5) is 27.6. The van der Waals surface area contributed by atoms with Crippen LogP contribution in [0.1, 0.15) is 54.4 Å². The molecule has 0 radical (unpaired) electrons. The Labute approximate surface area is 177 Å². The van der Waals surface area contributed by atoms with E-state index < -0.39 is 5.97 Å². The second kappa shape index (κ2) is 9.13. The standard InChI is InChI=1S/C25H26N2O3/c26-16-19-9-1-3-11-20(19)21-12-4-5-13-22(21)25(29)30-17-24(28)27-15-7-10-18-8-2-6-14-23(18)27/h1,3-5,9,11-13,18,23H,2,6-8,10,14-15,17H2/t18-,23+/m0/s1. The van der Waals surface area contributed by atoms with E-state index in [1.807, 2.05) is 23.1 Å². The Balaban J connectivity index is 1.47. The molecule has 1 saturated carbocycles. The minimum absolute atomic E-state index is 0.102. The van der Waals surface area contributed by atoms with Crippen molar-refractivity contribution in [1.82, 2.24) is 4.90 Å². The van der Waals surface area contributed by atoms with Crippen LogP contribution in [0.3, 0.4) is 0 Å². The van der Waals surface area contributed by atoms with Crippen molar-refractivity contribution in [1.29, 1.82) is 5.26 Å². The average Bonchev–Trinajstić information content (AvgIpc) is 2.82. The number of nitriles is 1. The third kappa shape index (κ3) is 4.09. The molecule has 1 saturated heterocycles. The van der Waals surface area contributed by atoms with Gasteiger partial charge in [-0.05, 0) is 49.3 Å². The molecule has 30 heavy (non-hydrogen) atoms. The third-order valence-electron chi connectivity index (χ3n) is 6.37. The normalized spacial score (nSPS) is 20.7. The van der Waals surface area contributed by atoms with Crippen molar-refractivity contribution in [2.75, 3.05) is 13.2 Å². The molecule has 5 nitrogen and oxygen atoms in total. The van der Waals surface area contributed by atoms with Gasteiger partial charge >= 0.3 is 5.97 Å². The number of amides is 1. The topological polar surface area (TPSA) is 70.4 Å². The number of esters is 1. The van der Waals surface area contributed by atoms with Crippen LogP contribution < -0.4 is 0 Å². The fraction of sp³-hybridized carbons (Fsp3) is 0.400. The Bertz CT molecular complexity index is 976. The fourth-order valence-corrected chi connectivity index (χ4v) is 4.93. The second-order valence-corrected chi connectivity index (χ2v) is 8.12. The summed E-state index contributed by atoms with van der Waals surface area (Å²) in [5.41, 5.74) is 2.17. The fourth-order valence-electron chi connectivity index (χ4n) is 4.93. The number of nitrogens with zero attached hydrogens (tertiary/aromatic N) is 2. The largest absolute Gasteiger partial charge is 0.452 e. The quantitative estimate of drug-likeness (QED) is 0.703. The number of ether oxygens (including phenoxy) is 1. The highest BCUT2D eigenvalue weighted by atomic mass is 16.5. The molecule has 0 bridgehead atoms. The van der Waals surface area contributed by atoms with Crippen molar-refractivity contribution in [2.45, 2.75) is 44.6 Å². The molecule has 2 atom stereocenters. The summed E-state index contributed by atoms with van der Waals surface area (Å²) in [6.07, 6.45) is 6.88. The molecule has 1 heterocycles. The first-order valence-corrected chi connectivity index (χ1v) is 10.7. The van der Waals surface area contributed by atoms with E-state index in [4.69, 9.17) is 4.74 Å². The molecule has 2 aromatic carbocycles. The van der Waals surface area contributed by atoms with E-state index in [1.165, 1.54) is 19.3 Å². The summed E-state index contributed by atoms with van der Waals surface area (Å²) in [6.45, 7) is 0.514. The molecule has 1 amide bonds. The average molecular weight is 402 g/mol. The highest BCUT2D eigenvalue weighted by Crippen LogP contribution is 2.35. The highest BCUT2D eigenvalue weighted by Gasteiger charge is 2.35. The smallest absolute Gasteiger partial charge is 0.339 e. The van der Waals surface area contributed by atoms with Crippen LogP contribution in [0.5, 0.6) is 0 Å². The minimum Gasteiger partial charge on any atom is -0.452 e. The summed E-state index contributed by atoms with van der Waals surface area (Å²) in [6, 6.07) is 16.7. The van der Waals surface area contributed by atoms with Crippen LogP contribution in [0.4, 0.5) is 0 Å². The number of carbonyl (C=O) groups is 2. The zero-order valence-electron chi connectivity index (χ0n) is 17.0. The van der Waals surface area contributed by atoms with Crippen LogP contribution >= 0.6 is 0 Å². The predicted octanol–water partition coefficient (Wildman–Crippen LogP) is 4.56. The second-order valence-electron chi connectivity index (χ2n) is 8.12. The number of hydrogen-bond acceptors (Lipinski definition) is 4. The summed E-state index contributed by atoms with van der Waals surface area (Å²) in [5.74, 6) is -0.0471. The van der Waals surface area contributed by atoms with Crippen molar-refractivity contribution in [2.24, 2.45) is 5.92 Å². The molecule has 154 valence electrons. The number of rotatable bonds is 4. The predicted molar refractivity (Wildman–Crippen MR) is 114 cm³/mol. The van der Waals surface area contributed by atoms with E-state index >= 15 is 0 Å². The van der Waals surface area contributed by atoms with Crippen LogP contribution in [0, 0.1) is 17.2 Å². The number of benzene rings is 2. The van der Waals surface area contributed by atoms with Crippen molar-refractivity contribution < 1.29 is 14.3 Å². The molecule has 1 aliphatic heterocycles. The summed E-state index contributed by atoms with van der Waals surface area (Å²) in [5, 5.41) is 9.41. The van der Waals surface area contributed by atoms with E-state index in [9.17, 15) is 14.9 Å². The molecule has 2 fully saturated rings. The molecule has 0 N–H and O–H groups in total. The number of piperidine rings is 1. The maximum atomic E-state index is 12.8. The Morgan fingerprint density at radius 2 is 1.67 bits per heavy atom. The molecule has 0 unspecified atom stereocenters. The van der Waals surface area contributed by atoms with E-state index in [0.717, 1.165) is 25.8 Å². The van der Waals surface area contributed by atoms with Gasteiger partial charge in [-0.3, -0.25) is 4.79 Å². The summed E-state index contributed by atoms with van der Waals surface area (Å²) < 4.78 is 5.45. The molecular formula is C25H26N2O3. The Morgan fingerprint density at radius 3 is 2.50 bits per heavy atom. The van der Waals surface area contributed by atoms with Crippen molar-refractivity contribution >= 4 is 11.9 Å². The molecule has 0 aromatic heterocycles. The van der Waals surface area contributed by atoms with Crippen molar-refractivity contribution in [3.8, 4) is 17.2 Å². The van der Waals surface area contributed by atoms with Crippen LogP contribution in [0.15, 0.2) is 48.5 Å². The van der Waals surface area contributed by atoms with Gasteiger partial charge < -0.3 is 9.64 Å². The maximum Gasteiger partial charge on any atom is 0.339 e. The Morgan fingerprint density at radius 1 is 0.967 bits per heavy atom. The molecule has 1 aliphatic carbocycles. The van der Waals surface area contributed by atoms with Gasteiger partial charge in [0.25, 0.3) is 5.91 Å². The highest BCUT2D eigenvalue weighted by molar-refractivity contribution is 5.99. The zero-order chi connectivity index (χ0) is 20.9. The van der Waals surface area contributed by atoms with E-state index in [2.05, 4.69) is 6.07 Å². The van der Waals surface area contributed by atoms with Gasteiger partial charge in [0.05, 0.1) is 17.2 Å². The number of likely N-dealkylation sites (tertiary alicyclic amines) is 1. The van der Waals surface area contributed by atoms with Gasteiger partial charge in [-0.1, -0.05) is 49.2 Å². The van der Waals surface area contributed by atoms with Gasteiger partial charge in [0.15, 0.2) is 6.61 Å². The van der Waals surface area contributed by atoms with Gasteiger partial charge in [0, 0.05) is 18.2 Å². The van der Waals surface area contributed by atoms with Gasteiger partial charge in [0.1, 0.15) is 0 Å². The van der Waals surface area contributed by atoms with E-state index in [0.29, 0.717) is 34.2 Å². The van der Waals surface area contributed by atoms with Crippen molar-refractivity contribution in [3.63, 3.8) is 0 Å². The third-order valence-corrected chi connectivity index (χ3v) is 6.37. The maximum absolute atomic E-state index is 12.8. The zero-order valence-corrected chi connectivity index (χ0v) is 17.0. The molecule has 2 aliphatic rings. The monoisotopic (exact) mass is 402 g/mol. The number of fused-ring (bicyclic) bond motifs is 1. The lowest BCUT2D eigenvalue weighted by Gasteiger charge is -2.44. The van der Waals surface area contributed by atoms with E-state index in [-0.39, 0.29) is 12.5 Å². The Hall–Kier alpha value is -3.13. The lowest BCUT2D eigenvalue weighted by Crippen LogP contribution is -2.50. The molecule has 5 heteroatoms. The lowest BCUT2D eigenvalue weighted by molar-refractivity contribution is -0.140. The number of carbonyl (C=O) groups excluding carboxylic acids is 2. The molecule has 4 rings (SSSR count). The molecular weight excluding hydrogens is 376 g/mol. The first-order chi connectivity index (χ1) is 14.7. The SMILES string of the molecule is N#Cc1ccccc1-c1ccccc1C(=O)OCC(=O)N1CCC[C@@H]2CCCC[C@H]21. The van der Waals surface area contributed by atoms with Gasteiger partial charge in [0.2, 0.25) is 0 Å². The van der Waals surface area contributed by atoms with Crippen LogP contribution in [-0.2, 0) is 9.53 Å². The van der Waals surface area contributed by atoms with Crippen LogP contribution in [0.2, 0.25) is 0 Å². The molecule has 2 aromatic rings. The first-order valence-electron chi connectivity index (χ1n) is 10.7. The number of hydrogen-bond donors (Lipinski definition) is 0. The lowest BCUT2D eigenvalue weighted by atomic mass is 9.78. The summed E-state index contributed by atoms with van der Waals surface area (Å²) >= 11 is 0. The Kier molecular flexibility index (Phi) is 6.13. The van der Waals surface area contributed by atoms with Crippen LogP contribution in [0.25, 0.3) is 11.1 Å². The summed E-state index contributed by atoms with van der Waals surface area (Å²) in [7, 11) is 0. The van der Waals surface area contributed by atoms with Gasteiger partial charge in [-0.25, -0.2) is 4.79 Å². The van der Waals surface area contributed by atoms with Gasteiger partial charge in [-0.2, -0.15) is 5.26 Å². The van der Waals surface area contributed by atoms with Crippen molar-refractivity contribution in [3.05, 3.63) is 59.7 Å². The van der Waals surface area contributed by atoms with Gasteiger partial charge in [-0.15, -0.1) is 0 Å². The minimum atomic E-state index is -0.538. The van der Waals surface area contributed by atoms with Crippen LogP contribution in [-0.4, -0.2) is 36.0 Å². The molecule has 0 spiro atoms. The van der Waals surface area contributed by atoms with E-state index in [1.54, 1.807) is 30.3 Å².